The van der Waals surface area contributed by atoms with Crippen LogP contribution in [0.2, 0.25) is 5.02 Å². The topological polar surface area (TPSA) is 60.0 Å². The Kier molecular flexibility index (Phi) is 4.34. The summed E-state index contributed by atoms with van der Waals surface area (Å²) in [7, 11) is 4.04. The van der Waals surface area contributed by atoms with E-state index < -0.39 is 0 Å². The number of hydrogen-bond donors (Lipinski definition) is 1. The molecule has 2 heterocycles. The lowest BCUT2D eigenvalue weighted by Crippen LogP contribution is -2.23. The zero-order valence-corrected chi connectivity index (χ0v) is 11.9. The van der Waals surface area contributed by atoms with Crippen molar-refractivity contribution >= 4 is 22.9 Å². The van der Waals surface area contributed by atoms with E-state index in [9.17, 15) is 0 Å². The minimum atomic E-state index is -0.269. The third-order valence-electron chi connectivity index (χ3n) is 2.64. The van der Waals surface area contributed by atoms with Gasteiger partial charge in [0.2, 0.25) is 0 Å². The third kappa shape index (κ3) is 2.89. The van der Waals surface area contributed by atoms with Crippen LogP contribution in [0.4, 0.5) is 0 Å². The molecule has 2 rings (SSSR count). The van der Waals surface area contributed by atoms with Gasteiger partial charge >= 0.3 is 0 Å². The zero-order valence-electron chi connectivity index (χ0n) is 10.4. The van der Waals surface area contributed by atoms with Crippen LogP contribution in [0.25, 0.3) is 0 Å². The van der Waals surface area contributed by atoms with Crippen LogP contribution in [0, 0.1) is 0 Å². The van der Waals surface area contributed by atoms with Crippen molar-refractivity contribution in [2.75, 3.05) is 20.6 Å². The highest BCUT2D eigenvalue weighted by Gasteiger charge is 2.19. The summed E-state index contributed by atoms with van der Waals surface area (Å²) in [6, 6.07) is -0.269. The first kappa shape index (κ1) is 13.5. The number of nitrogens with two attached hydrogens (primary N) is 1. The molecule has 0 bridgehead atoms. The average molecular weight is 286 g/mol. The minimum absolute atomic E-state index is 0.269. The van der Waals surface area contributed by atoms with Gasteiger partial charge in [-0.15, -0.1) is 11.3 Å². The summed E-state index contributed by atoms with van der Waals surface area (Å²) in [5.74, 6) is 0. The first-order valence-corrected chi connectivity index (χ1v) is 6.85. The molecule has 0 saturated carbocycles. The van der Waals surface area contributed by atoms with Gasteiger partial charge in [-0.1, -0.05) is 11.6 Å². The molecule has 98 valence electrons. The first-order chi connectivity index (χ1) is 8.59. The van der Waals surface area contributed by atoms with E-state index in [-0.39, 0.29) is 6.04 Å². The quantitative estimate of drug-likeness (QED) is 0.907. The molecule has 1 unspecified atom stereocenters. The van der Waals surface area contributed by atoms with Crippen molar-refractivity contribution in [1.82, 2.24) is 19.7 Å². The molecule has 2 aromatic heterocycles. The van der Waals surface area contributed by atoms with E-state index in [0.717, 1.165) is 23.7 Å². The number of rotatable bonds is 5. The standard InChI is InChI=1S/C11H16ClN5S/c1-16(2)3-4-17-11(8(12)5-15-17)10(13)9-6-14-7-18-9/h5-7,10H,3-4,13H2,1-2H3. The van der Waals surface area contributed by atoms with Gasteiger partial charge in [0.25, 0.3) is 0 Å². The van der Waals surface area contributed by atoms with Crippen LogP contribution in [-0.2, 0) is 6.54 Å². The highest BCUT2D eigenvalue weighted by Crippen LogP contribution is 2.28. The SMILES string of the molecule is CN(C)CCn1ncc(Cl)c1C(N)c1cncs1. The number of thiazole rings is 1. The Balaban J connectivity index is 2.23. The van der Waals surface area contributed by atoms with Crippen LogP contribution in [0.15, 0.2) is 17.9 Å². The summed E-state index contributed by atoms with van der Waals surface area (Å²) in [5.41, 5.74) is 8.84. The van der Waals surface area contributed by atoms with Crippen molar-refractivity contribution in [1.29, 1.82) is 0 Å². The second kappa shape index (κ2) is 5.79. The summed E-state index contributed by atoms with van der Waals surface area (Å²) in [6.45, 7) is 1.65. The van der Waals surface area contributed by atoms with E-state index in [2.05, 4.69) is 15.0 Å². The number of nitrogens with zero attached hydrogens (tertiary/aromatic N) is 4. The molecule has 0 aromatic carbocycles. The van der Waals surface area contributed by atoms with Crippen LogP contribution >= 0.6 is 22.9 Å². The number of halogens is 1. The van der Waals surface area contributed by atoms with Crippen molar-refractivity contribution in [2.24, 2.45) is 5.73 Å². The van der Waals surface area contributed by atoms with E-state index in [0.29, 0.717) is 5.02 Å². The molecule has 0 saturated heterocycles. The molecule has 2 aromatic rings. The number of hydrogen-bond acceptors (Lipinski definition) is 5. The lowest BCUT2D eigenvalue weighted by molar-refractivity contribution is 0.368. The molecular weight excluding hydrogens is 270 g/mol. The van der Waals surface area contributed by atoms with E-state index in [1.807, 2.05) is 18.8 Å². The third-order valence-corrected chi connectivity index (χ3v) is 3.79. The summed E-state index contributed by atoms with van der Waals surface area (Å²) in [5, 5.41) is 4.89. The van der Waals surface area contributed by atoms with Crippen LogP contribution < -0.4 is 5.73 Å². The van der Waals surface area contributed by atoms with Gasteiger partial charge in [-0.2, -0.15) is 5.10 Å². The Labute approximate surface area is 115 Å². The molecule has 0 aliphatic carbocycles. The highest BCUT2D eigenvalue weighted by molar-refractivity contribution is 7.09. The average Bonchev–Trinajstić information content (AvgIpc) is 2.94. The molecule has 7 heteroatoms. The Morgan fingerprint density at radius 2 is 2.28 bits per heavy atom. The minimum Gasteiger partial charge on any atom is -0.318 e. The molecular formula is C11H16ClN5S. The van der Waals surface area contributed by atoms with Crippen molar-refractivity contribution in [3.63, 3.8) is 0 Å². The monoisotopic (exact) mass is 285 g/mol. The van der Waals surface area contributed by atoms with Crippen LogP contribution in [0.5, 0.6) is 0 Å². The van der Waals surface area contributed by atoms with Gasteiger partial charge in [0, 0.05) is 17.6 Å². The fraction of sp³-hybridized carbons (Fsp3) is 0.455. The largest absolute Gasteiger partial charge is 0.318 e. The summed E-state index contributed by atoms with van der Waals surface area (Å²) >= 11 is 7.70. The lowest BCUT2D eigenvalue weighted by atomic mass is 10.2. The van der Waals surface area contributed by atoms with E-state index >= 15 is 0 Å². The molecule has 0 radical (unpaired) electrons. The Morgan fingerprint density at radius 1 is 1.50 bits per heavy atom. The van der Waals surface area contributed by atoms with Crippen LogP contribution in [0.1, 0.15) is 16.6 Å². The summed E-state index contributed by atoms with van der Waals surface area (Å²) in [4.78, 5) is 7.13. The molecule has 2 N–H and O–H groups in total. The fourth-order valence-corrected chi connectivity index (χ4v) is 2.55. The fourth-order valence-electron chi connectivity index (χ4n) is 1.67. The molecule has 0 aliphatic heterocycles. The molecule has 5 nitrogen and oxygen atoms in total. The Morgan fingerprint density at radius 3 is 2.89 bits per heavy atom. The van der Waals surface area contributed by atoms with Crippen molar-refractivity contribution < 1.29 is 0 Å². The number of likely N-dealkylation sites (N-methyl/N-ethyl adjacent to an activating group) is 1. The molecule has 0 aliphatic rings. The van der Waals surface area contributed by atoms with Gasteiger partial charge in [-0.25, -0.2) is 0 Å². The normalized spacial score (nSPS) is 13.2. The second-order valence-electron chi connectivity index (χ2n) is 4.29. The molecule has 0 fully saturated rings. The highest BCUT2D eigenvalue weighted by atomic mass is 35.5. The summed E-state index contributed by atoms with van der Waals surface area (Å²) in [6.07, 6.45) is 3.42. The molecule has 0 amide bonds. The van der Waals surface area contributed by atoms with Crippen LogP contribution in [-0.4, -0.2) is 40.3 Å². The maximum Gasteiger partial charge on any atom is 0.0848 e. The van der Waals surface area contributed by atoms with Crippen LogP contribution in [0.3, 0.4) is 0 Å². The van der Waals surface area contributed by atoms with E-state index in [4.69, 9.17) is 17.3 Å². The van der Waals surface area contributed by atoms with Gasteiger partial charge in [-0.3, -0.25) is 9.67 Å². The Bertz CT molecular complexity index is 494. The maximum absolute atomic E-state index is 6.22. The van der Waals surface area contributed by atoms with Gasteiger partial charge < -0.3 is 10.6 Å². The second-order valence-corrected chi connectivity index (χ2v) is 5.61. The van der Waals surface area contributed by atoms with Gasteiger partial charge in [0.1, 0.15) is 0 Å². The van der Waals surface area contributed by atoms with E-state index in [1.54, 1.807) is 17.9 Å². The maximum atomic E-state index is 6.22. The smallest absolute Gasteiger partial charge is 0.0848 e. The van der Waals surface area contributed by atoms with E-state index in [1.165, 1.54) is 11.3 Å². The van der Waals surface area contributed by atoms with Gasteiger partial charge in [0.05, 0.1) is 35.0 Å². The van der Waals surface area contributed by atoms with Gasteiger partial charge in [0.15, 0.2) is 0 Å². The van der Waals surface area contributed by atoms with Crippen molar-refractivity contribution in [3.8, 4) is 0 Å². The van der Waals surface area contributed by atoms with Gasteiger partial charge in [-0.05, 0) is 14.1 Å². The predicted octanol–water partition coefficient (Wildman–Crippen LogP) is 1.60. The van der Waals surface area contributed by atoms with Crippen molar-refractivity contribution in [3.05, 3.63) is 33.5 Å². The molecule has 18 heavy (non-hydrogen) atoms. The lowest BCUT2D eigenvalue weighted by Gasteiger charge is -2.15. The zero-order chi connectivity index (χ0) is 13.1. The molecule has 1 atom stereocenters. The number of aromatic nitrogens is 3. The molecule has 0 spiro atoms. The first-order valence-electron chi connectivity index (χ1n) is 5.59. The summed E-state index contributed by atoms with van der Waals surface area (Å²) < 4.78 is 1.87. The Hall–Kier alpha value is -0.950. The van der Waals surface area contributed by atoms with Crippen molar-refractivity contribution in [2.45, 2.75) is 12.6 Å². The predicted molar refractivity (Wildman–Crippen MR) is 73.9 cm³/mol.